The van der Waals surface area contributed by atoms with Gasteiger partial charge in [-0.25, -0.2) is 0 Å². The van der Waals surface area contributed by atoms with E-state index in [1.165, 1.54) is 49.4 Å². The largest absolute Gasteiger partial charge is 0.325 e. The second-order valence-electron chi connectivity index (χ2n) is 10.0. The van der Waals surface area contributed by atoms with Crippen LogP contribution < -0.4 is 0 Å². The van der Waals surface area contributed by atoms with Crippen LogP contribution in [0.5, 0.6) is 0 Å². The maximum Gasteiger partial charge on any atom is 0.0520 e. The maximum absolute atomic E-state index is 4.68. The second-order valence-corrected chi connectivity index (χ2v) is 10.0. The summed E-state index contributed by atoms with van der Waals surface area (Å²) in [4.78, 5) is 9.06. The number of benzene rings is 3. The molecule has 0 aliphatic rings. The number of pyridine rings is 3. The van der Waals surface area contributed by atoms with Gasteiger partial charge in [0.1, 0.15) is 0 Å². The van der Waals surface area contributed by atoms with E-state index in [9.17, 15) is 0 Å². The zero-order valence-corrected chi connectivity index (χ0v) is 25.4. The van der Waals surface area contributed by atoms with Crippen molar-refractivity contribution < 1.29 is 20.1 Å². The molecule has 4 heterocycles. The van der Waals surface area contributed by atoms with Crippen molar-refractivity contribution in [1.29, 1.82) is 0 Å². The van der Waals surface area contributed by atoms with Crippen LogP contribution >= 0.6 is 0 Å². The van der Waals surface area contributed by atoms with Gasteiger partial charge in [-0.15, -0.1) is 59.7 Å². The fourth-order valence-corrected chi connectivity index (χ4v) is 4.90. The molecule has 0 atom stereocenters. The molecule has 0 aliphatic carbocycles. The Kier molecular flexibility index (Phi) is 7.93. The molecule has 3 nitrogen and oxygen atoms in total. The summed E-state index contributed by atoms with van der Waals surface area (Å²) >= 11 is 0. The van der Waals surface area contributed by atoms with Crippen LogP contribution in [-0.4, -0.2) is 14.4 Å². The van der Waals surface area contributed by atoms with Crippen LogP contribution in [0.2, 0.25) is 0 Å². The van der Waals surface area contributed by atoms with E-state index in [4.69, 9.17) is 0 Å². The van der Waals surface area contributed by atoms with E-state index in [-0.39, 0.29) is 20.1 Å². The van der Waals surface area contributed by atoms with Gasteiger partial charge < -0.3 is 14.4 Å². The molecule has 4 heteroatoms. The van der Waals surface area contributed by atoms with Crippen molar-refractivity contribution >= 4 is 27.2 Å². The van der Waals surface area contributed by atoms with Crippen LogP contribution in [0.1, 0.15) is 22.3 Å². The van der Waals surface area contributed by atoms with Gasteiger partial charge in [-0.05, 0) is 67.7 Å². The SMILES string of the molecule is Cc1cnc(-c2[c-]ccc3ccn4c5ccccc5cc4c23)cc1C.Cc1cnc(-c2[c-]cccc2)cc1C.[Ir]. The van der Waals surface area contributed by atoms with Crippen molar-refractivity contribution in [2.75, 3.05) is 0 Å². The molecular formula is C36H29IrN3-2. The van der Waals surface area contributed by atoms with Crippen molar-refractivity contribution in [2.45, 2.75) is 27.7 Å². The summed E-state index contributed by atoms with van der Waals surface area (Å²) < 4.78 is 2.26. The summed E-state index contributed by atoms with van der Waals surface area (Å²) in [5.41, 5.74) is 11.5. The number of hydrogen-bond donors (Lipinski definition) is 0. The van der Waals surface area contributed by atoms with Crippen molar-refractivity contribution in [3.05, 3.63) is 138 Å². The van der Waals surface area contributed by atoms with Gasteiger partial charge in [-0.1, -0.05) is 58.3 Å². The molecule has 3 aromatic carbocycles. The van der Waals surface area contributed by atoms with E-state index in [0.717, 1.165) is 22.5 Å². The minimum Gasteiger partial charge on any atom is -0.325 e. The summed E-state index contributed by atoms with van der Waals surface area (Å²) in [6, 6.07) is 35.8. The van der Waals surface area contributed by atoms with Crippen LogP contribution in [0.4, 0.5) is 0 Å². The average molecular weight is 696 g/mol. The van der Waals surface area contributed by atoms with Gasteiger partial charge >= 0.3 is 0 Å². The molecule has 0 saturated heterocycles. The van der Waals surface area contributed by atoms with Crippen molar-refractivity contribution in [3.63, 3.8) is 0 Å². The topological polar surface area (TPSA) is 30.2 Å². The maximum atomic E-state index is 4.68. The van der Waals surface area contributed by atoms with Gasteiger partial charge in [-0.2, -0.15) is 0 Å². The molecule has 7 aromatic rings. The predicted octanol–water partition coefficient (Wildman–Crippen LogP) is 8.89. The molecule has 1 radical (unpaired) electrons. The molecule has 0 saturated carbocycles. The van der Waals surface area contributed by atoms with Gasteiger partial charge in [0.2, 0.25) is 0 Å². The molecule has 0 fully saturated rings. The first kappa shape index (κ1) is 27.5. The third-order valence-electron chi connectivity index (χ3n) is 7.42. The first-order valence-corrected chi connectivity index (χ1v) is 13.2. The molecule has 0 unspecified atom stereocenters. The smallest absolute Gasteiger partial charge is 0.0520 e. The average Bonchev–Trinajstić information content (AvgIpc) is 3.35. The van der Waals surface area contributed by atoms with E-state index in [1.54, 1.807) is 0 Å². The first-order valence-electron chi connectivity index (χ1n) is 13.2. The number of rotatable bonds is 2. The summed E-state index contributed by atoms with van der Waals surface area (Å²) in [5.74, 6) is 0. The van der Waals surface area contributed by atoms with Crippen LogP contribution in [0.3, 0.4) is 0 Å². The Balaban J connectivity index is 0.000000184. The number of hydrogen-bond acceptors (Lipinski definition) is 2. The standard InChI is InChI=1S/C23H17N2.C13H12N.Ir/c1-15-12-20(24-14-16(15)2)19-8-5-7-17-10-11-25-21-9-4-3-6-18(21)13-22(25)23(17)19;1-10-8-13(14-9-11(10)2)12-6-4-3-5-7-12;/h3-7,9-14H,1-2H3;3-6,8-9H,1-2H3;/q2*-1;. The summed E-state index contributed by atoms with van der Waals surface area (Å²) in [7, 11) is 0. The number of fused-ring (bicyclic) bond motifs is 5. The van der Waals surface area contributed by atoms with Gasteiger partial charge in [0, 0.05) is 44.2 Å². The number of nitrogens with zero attached hydrogens (tertiary/aromatic N) is 3. The Bertz CT molecular complexity index is 1960. The Labute approximate surface area is 248 Å². The fourth-order valence-electron chi connectivity index (χ4n) is 4.90. The van der Waals surface area contributed by atoms with E-state index < -0.39 is 0 Å². The van der Waals surface area contributed by atoms with Crippen molar-refractivity contribution in [1.82, 2.24) is 14.4 Å². The molecule has 0 bridgehead atoms. The molecule has 0 amide bonds. The van der Waals surface area contributed by atoms with Gasteiger partial charge in [0.25, 0.3) is 0 Å². The number of aryl methyl sites for hydroxylation is 4. The minimum absolute atomic E-state index is 0. The van der Waals surface area contributed by atoms with Gasteiger partial charge in [0.05, 0.1) is 5.52 Å². The third-order valence-corrected chi connectivity index (χ3v) is 7.42. The van der Waals surface area contributed by atoms with E-state index >= 15 is 0 Å². The van der Waals surface area contributed by atoms with Gasteiger partial charge in [0.15, 0.2) is 0 Å². The van der Waals surface area contributed by atoms with Gasteiger partial charge in [-0.3, -0.25) is 0 Å². The molecular weight excluding hydrogens is 667 g/mol. The van der Waals surface area contributed by atoms with Crippen LogP contribution in [0, 0.1) is 39.8 Å². The van der Waals surface area contributed by atoms with E-state index in [1.807, 2.05) is 42.7 Å². The summed E-state index contributed by atoms with van der Waals surface area (Å²) in [6.07, 6.45) is 6.01. The minimum atomic E-state index is 0. The third kappa shape index (κ3) is 5.21. The van der Waals surface area contributed by atoms with Crippen LogP contribution in [-0.2, 0) is 20.1 Å². The monoisotopic (exact) mass is 696 g/mol. The Morgan fingerprint density at radius 1 is 0.600 bits per heavy atom. The Morgan fingerprint density at radius 3 is 2.02 bits per heavy atom. The molecule has 7 rings (SSSR count). The van der Waals surface area contributed by atoms with E-state index in [2.05, 4.69) is 115 Å². The van der Waals surface area contributed by atoms with Crippen LogP contribution in [0.25, 0.3) is 49.7 Å². The normalized spacial score (nSPS) is 10.8. The number of para-hydroxylation sites is 1. The fraction of sp³-hybridized carbons (Fsp3) is 0.111. The summed E-state index contributed by atoms with van der Waals surface area (Å²) in [6.45, 7) is 8.40. The first-order chi connectivity index (χ1) is 19.0. The molecule has 0 N–H and O–H groups in total. The van der Waals surface area contributed by atoms with Crippen molar-refractivity contribution in [3.8, 4) is 22.5 Å². The Hall–Kier alpha value is -4.11. The zero-order chi connectivity index (χ0) is 26.9. The second kappa shape index (κ2) is 11.6. The predicted molar refractivity (Wildman–Crippen MR) is 162 cm³/mol. The quantitative estimate of drug-likeness (QED) is 0.169. The molecule has 199 valence electrons. The molecule has 40 heavy (non-hydrogen) atoms. The molecule has 0 aliphatic heterocycles. The molecule has 0 spiro atoms. The van der Waals surface area contributed by atoms with E-state index in [0.29, 0.717) is 0 Å². The molecule has 4 aromatic heterocycles. The summed E-state index contributed by atoms with van der Waals surface area (Å²) in [5, 5.41) is 3.67. The zero-order valence-electron chi connectivity index (χ0n) is 23.0. The van der Waals surface area contributed by atoms with Crippen molar-refractivity contribution in [2.24, 2.45) is 0 Å². The van der Waals surface area contributed by atoms with Crippen LogP contribution in [0.15, 0.2) is 104 Å². The number of aromatic nitrogens is 3. The Morgan fingerprint density at radius 2 is 1.30 bits per heavy atom.